The van der Waals surface area contributed by atoms with E-state index in [4.69, 9.17) is 31.8 Å². The van der Waals surface area contributed by atoms with Crippen LogP contribution >= 0.6 is 11.6 Å². The number of anilines is 1. The van der Waals surface area contributed by atoms with Crippen LogP contribution in [0.25, 0.3) is 5.70 Å². The number of halogens is 1. The molecule has 1 atom stereocenters. The minimum absolute atomic E-state index is 0.0916. The van der Waals surface area contributed by atoms with Gasteiger partial charge >= 0.3 is 0 Å². The van der Waals surface area contributed by atoms with Gasteiger partial charge in [0.15, 0.2) is 5.84 Å². The Morgan fingerprint density at radius 3 is 2.42 bits per heavy atom. The zero-order valence-electron chi connectivity index (χ0n) is 18.8. The van der Waals surface area contributed by atoms with Crippen LogP contribution in [0.1, 0.15) is 31.4 Å². The van der Waals surface area contributed by atoms with Gasteiger partial charge in [0.2, 0.25) is 0 Å². The van der Waals surface area contributed by atoms with E-state index in [1.54, 1.807) is 0 Å². The molecule has 172 valence electrons. The number of ether oxygens (including phenoxy) is 2. The fourth-order valence-electron chi connectivity index (χ4n) is 4.11. The Morgan fingerprint density at radius 2 is 1.76 bits per heavy atom. The lowest BCUT2D eigenvalue weighted by atomic mass is 9.96. The molecule has 2 aromatic carbocycles. The highest BCUT2D eigenvalue weighted by Crippen LogP contribution is 2.33. The number of rotatable bonds is 4. The molecule has 3 aliphatic rings. The molecule has 0 bridgehead atoms. The van der Waals surface area contributed by atoms with Crippen LogP contribution in [0, 0.1) is 0 Å². The van der Waals surface area contributed by atoms with Crippen LogP contribution in [0.4, 0.5) is 5.69 Å². The van der Waals surface area contributed by atoms with Gasteiger partial charge in [-0.25, -0.2) is 4.99 Å². The molecule has 3 N–H and O–H groups in total. The van der Waals surface area contributed by atoms with Crippen LogP contribution in [0.5, 0.6) is 5.75 Å². The summed E-state index contributed by atoms with van der Waals surface area (Å²) < 4.78 is 11.4. The minimum atomic E-state index is -0.398. The van der Waals surface area contributed by atoms with Crippen molar-refractivity contribution in [1.82, 2.24) is 5.32 Å². The Bertz CT molecular complexity index is 1110. The maximum atomic E-state index is 6.64. The van der Waals surface area contributed by atoms with Gasteiger partial charge in [-0.1, -0.05) is 35.9 Å². The average Bonchev–Trinajstić information content (AvgIpc) is 3.20. The molecular formula is C25H28ClN5O2. The SMILES string of the molecule is CC(C)(N)c1ccc(OC2=NC3=NC(c4ccc(N5CCOCC5)cc4)=C(Cl)CC3N2)cc1. The number of nitrogens with two attached hydrogens (primary N) is 1. The second-order valence-corrected chi connectivity index (χ2v) is 9.49. The number of amidine groups is 2. The number of hydrogen-bond acceptors (Lipinski definition) is 7. The summed E-state index contributed by atoms with van der Waals surface area (Å²) in [5.41, 5.74) is 9.71. The lowest BCUT2D eigenvalue weighted by Crippen LogP contribution is -2.36. The molecule has 0 spiro atoms. The molecule has 2 aromatic rings. The van der Waals surface area contributed by atoms with Crippen molar-refractivity contribution in [2.24, 2.45) is 15.7 Å². The van der Waals surface area contributed by atoms with Crippen LogP contribution < -0.4 is 20.7 Å². The van der Waals surface area contributed by atoms with Crippen LogP contribution in [-0.2, 0) is 10.3 Å². The Morgan fingerprint density at radius 1 is 1.06 bits per heavy atom. The highest BCUT2D eigenvalue weighted by Gasteiger charge is 2.31. The van der Waals surface area contributed by atoms with E-state index in [0.717, 1.165) is 43.1 Å². The number of fused-ring (bicyclic) bond motifs is 1. The fourth-order valence-corrected chi connectivity index (χ4v) is 4.42. The van der Waals surface area contributed by atoms with Gasteiger partial charge in [-0.2, -0.15) is 4.99 Å². The van der Waals surface area contributed by atoms with Gasteiger partial charge in [0.05, 0.1) is 25.0 Å². The average molecular weight is 466 g/mol. The molecule has 0 saturated carbocycles. The number of nitrogens with one attached hydrogen (secondary N) is 1. The van der Waals surface area contributed by atoms with E-state index >= 15 is 0 Å². The minimum Gasteiger partial charge on any atom is -0.426 e. The van der Waals surface area contributed by atoms with E-state index in [-0.39, 0.29) is 6.04 Å². The number of aliphatic imine (C=N–C) groups is 2. The second kappa shape index (κ2) is 8.82. The predicted molar refractivity (Wildman–Crippen MR) is 133 cm³/mol. The van der Waals surface area contributed by atoms with E-state index < -0.39 is 5.54 Å². The fraction of sp³-hybridized carbons (Fsp3) is 0.360. The van der Waals surface area contributed by atoms with Crippen molar-refractivity contribution in [2.45, 2.75) is 31.8 Å². The van der Waals surface area contributed by atoms with Crippen molar-refractivity contribution < 1.29 is 9.47 Å². The van der Waals surface area contributed by atoms with Gasteiger partial charge in [-0.05, 0) is 43.7 Å². The molecule has 0 radical (unpaired) electrons. The highest BCUT2D eigenvalue weighted by molar-refractivity contribution is 6.33. The van der Waals surface area contributed by atoms with Gasteiger partial charge in [0, 0.05) is 41.3 Å². The van der Waals surface area contributed by atoms with E-state index in [0.29, 0.717) is 29.1 Å². The second-order valence-electron chi connectivity index (χ2n) is 9.04. The third-order valence-corrected chi connectivity index (χ3v) is 6.36. The van der Waals surface area contributed by atoms with Crippen LogP contribution in [0.2, 0.25) is 0 Å². The molecular weight excluding hydrogens is 438 g/mol. The zero-order valence-corrected chi connectivity index (χ0v) is 19.6. The molecule has 3 aliphatic heterocycles. The Labute approximate surface area is 198 Å². The predicted octanol–water partition coefficient (Wildman–Crippen LogP) is 3.83. The lowest BCUT2D eigenvalue weighted by molar-refractivity contribution is 0.122. The summed E-state index contributed by atoms with van der Waals surface area (Å²) in [6.45, 7) is 7.28. The zero-order chi connectivity index (χ0) is 23.0. The molecule has 0 aromatic heterocycles. The lowest BCUT2D eigenvalue weighted by Gasteiger charge is -2.29. The third kappa shape index (κ3) is 4.76. The third-order valence-electron chi connectivity index (χ3n) is 6.02. The highest BCUT2D eigenvalue weighted by atomic mass is 35.5. The normalized spacial score (nSPS) is 20.7. The Hall–Kier alpha value is -2.87. The summed E-state index contributed by atoms with van der Waals surface area (Å²) >= 11 is 6.64. The maximum Gasteiger partial charge on any atom is 0.297 e. The molecule has 8 heteroatoms. The molecule has 0 amide bonds. The van der Waals surface area contributed by atoms with Gasteiger partial charge < -0.3 is 25.4 Å². The van der Waals surface area contributed by atoms with Gasteiger partial charge in [0.25, 0.3) is 6.02 Å². The first kappa shape index (κ1) is 21.9. The van der Waals surface area contributed by atoms with Crippen molar-refractivity contribution >= 4 is 34.8 Å². The number of morpholine rings is 1. The molecule has 7 nitrogen and oxygen atoms in total. The van der Waals surface area contributed by atoms with Gasteiger partial charge in [-0.3, -0.25) is 0 Å². The quantitative estimate of drug-likeness (QED) is 0.716. The largest absolute Gasteiger partial charge is 0.426 e. The number of benzene rings is 2. The van der Waals surface area contributed by atoms with E-state index in [2.05, 4.69) is 39.5 Å². The summed E-state index contributed by atoms with van der Waals surface area (Å²) in [7, 11) is 0. The number of nitrogens with zero attached hydrogens (tertiary/aromatic N) is 3. The van der Waals surface area contributed by atoms with Crippen molar-refractivity contribution in [3.8, 4) is 5.75 Å². The first-order chi connectivity index (χ1) is 15.9. The van der Waals surface area contributed by atoms with Crippen LogP contribution in [-0.4, -0.2) is 44.2 Å². The van der Waals surface area contributed by atoms with Crippen molar-refractivity contribution in [3.05, 3.63) is 64.7 Å². The molecule has 1 fully saturated rings. The molecule has 5 rings (SSSR count). The van der Waals surface area contributed by atoms with Crippen molar-refractivity contribution in [2.75, 3.05) is 31.2 Å². The molecule has 3 heterocycles. The maximum absolute atomic E-state index is 6.64. The van der Waals surface area contributed by atoms with Crippen LogP contribution in [0.15, 0.2) is 63.5 Å². The molecule has 1 saturated heterocycles. The summed E-state index contributed by atoms with van der Waals surface area (Å²) in [5.74, 6) is 1.37. The van der Waals surface area contributed by atoms with Gasteiger partial charge in [0.1, 0.15) is 5.75 Å². The number of hydrogen-bond donors (Lipinski definition) is 2. The molecule has 0 aliphatic carbocycles. The van der Waals surface area contributed by atoms with Crippen molar-refractivity contribution in [1.29, 1.82) is 0 Å². The van der Waals surface area contributed by atoms with E-state index in [1.807, 2.05) is 38.1 Å². The Balaban J connectivity index is 1.31. The van der Waals surface area contributed by atoms with E-state index in [1.165, 1.54) is 5.69 Å². The summed E-state index contributed by atoms with van der Waals surface area (Å²) in [4.78, 5) is 11.7. The smallest absolute Gasteiger partial charge is 0.297 e. The standard InChI is InChI=1S/C25H28ClN5O2/c1-25(2,27)17-5-9-19(10-6-17)33-24-28-21-15-20(26)22(29-23(21)30-24)16-3-7-18(8-4-16)31-11-13-32-14-12-31/h3-10,21H,11-15,27H2,1-2H3,(H,28,29,30). The summed E-state index contributed by atoms with van der Waals surface area (Å²) in [5, 5.41) is 3.99. The summed E-state index contributed by atoms with van der Waals surface area (Å²) in [6.07, 6.45) is 0.609. The molecule has 33 heavy (non-hydrogen) atoms. The van der Waals surface area contributed by atoms with Crippen LogP contribution in [0.3, 0.4) is 0 Å². The first-order valence-corrected chi connectivity index (χ1v) is 11.6. The van der Waals surface area contributed by atoms with E-state index in [9.17, 15) is 0 Å². The van der Waals surface area contributed by atoms with Gasteiger partial charge in [-0.15, -0.1) is 0 Å². The monoisotopic (exact) mass is 465 g/mol. The first-order valence-electron chi connectivity index (χ1n) is 11.2. The summed E-state index contributed by atoms with van der Waals surface area (Å²) in [6, 6.07) is 16.4. The van der Waals surface area contributed by atoms with Crippen molar-refractivity contribution in [3.63, 3.8) is 0 Å². The Kier molecular flexibility index (Phi) is 5.86. The topological polar surface area (TPSA) is 84.5 Å². The molecule has 1 unspecified atom stereocenters.